The fraction of sp³-hybridized carbons (Fsp3) is 0.182. The van der Waals surface area contributed by atoms with Gasteiger partial charge in [-0.2, -0.15) is 0 Å². The third kappa shape index (κ3) is 3.80. The number of hydrogen-bond acceptors (Lipinski definition) is 4. The molecule has 0 fully saturated rings. The summed E-state index contributed by atoms with van der Waals surface area (Å²) in [5.74, 6) is -2.92. The van der Waals surface area contributed by atoms with Gasteiger partial charge in [0, 0.05) is 17.9 Å². The van der Waals surface area contributed by atoms with Crippen LogP contribution in [0.1, 0.15) is 17.2 Å². The van der Waals surface area contributed by atoms with Crippen molar-refractivity contribution in [2.45, 2.75) is 23.5 Å². The Hall–Kier alpha value is -2.84. The highest BCUT2D eigenvalue weighted by Crippen LogP contribution is 2.38. The van der Waals surface area contributed by atoms with E-state index >= 15 is 0 Å². The molecule has 8 heteroatoms. The van der Waals surface area contributed by atoms with Gasteiger partial charge < -0.3 is 10.5 Å². The number of rotatable bonds is 3. The van der Waals surface area contributed by atoms with E-state index < -0.39 is 39.4 Å². The van der Waals surface area contributed by atoms with Crippen LogP contribution in [-0.4, -0.2) is 20.7 Å². The van der Waals surface area contributed by atoms with Crippen LogP contribution in [0.4, 0.5) is 13.2 Å². The number of fused-ring (bicyclic) bond motifs is 1. The molecule has 2 atom stereocenters. The smallest absolute Gasteiger partial charge is 0.175 e. The molecule has 3 aromatic rings. The zero-order valence-electron chi connectivity index (χ0n) is 15.9. The van der Waals surface area contributed by atoms with Gasteiger partial charge in [0.05, 0.1) is 10.9 Å². The van der Waals surface area contributed by atoms with Crippen molar-refractivity contribution in [3.63, 3.8) is 0 Å². The Labute approximate surface area is 172 Å². The van der Waals surface area contributed by atoms with E-state index in [9.17, 15) is 21.6 Å². The van der Waals surface area contributed by atoms with Crippen molar-refractivity contribution in [2.75, 3.05) is 6.26 Å². The van der Waals surface area contributed by atoms with Gasteiger partial charge in [0.2, 0.25) is 0 Å². The first-order chi connectivity index (χ1) is 14.1. The van der Waals surface area contributed by atoms with Crippen molar-refractivity contribution in [1.82, 2.24) is 0 Å². The number of ether oxygens (including phenoxy) is 1. The highest BCUT2D eigenvalue weighted by atomic mass is 32.2. The fourth-order valence-electron chi connectivity index (χ4n) is 3.58. The highest BCUT2D eigenvalue weighted by molar-refractivity contribution is 7.90. The summed E-state index contributed by atoms with van der Waals surface area (Å²) < 4.78 is 70.5. The van der Waals surface area contributed by atoms with E-state index in [2.05, 4.69) is 0 Å². The molecule has 156 valence electrons. The molecule has 0 saturated carbocycles. The molecule has 0 bridgehead atoms. The Bertz CT molecular complexity index is 1240. The fourth-order valence-corrected chi connectivity index (χ4v) is 4.24. The van der Waals surface area contributed by atoms with Gasteiger partial charge in [0.1, 0.15) is 17.7 Å². The molecule has 4 rings (SSSR count). The minimum absolute atomic E-state index is 0.142. The van der Waals surface area contributed by atoms with E-state index in [1.165, 1.54) is 6.07 Å². The van der Waals surface area contributed by atoms with E-state index in [4.69, 9.17) is 10.5 Å². The molecule has 2 N–H and O–H groups in total. The number of hydrogen-bond donors (Lipinski definition) is 1. The molecule has 1 aliphatic heterocycles. The lowest BCUT2D eigenvalue weighted by Crippen LogP contribution is -2.38. The van der Waals surface area contributed by atoms with Crippen LogP contribution in [0.3, 0.4) is 0 Å². The largest absolute Gasteiger partial charge is 0.484 e. The second-order valence-corrected chi connectivity index (χ2v) is 9.33. The Morgan fingerprint density at radius 2 is 1.63 bits per heavy atom. The minimum Gasteiger partial charge on any atom is -0.484 e. The third-order valence-corrected chi connectivity index (χ3v) is 6.21. The lowest BCUT2D eigenvalue weighted by molar-refractivity contribution is 0.148. The standard InChI is InChI=1S/C22H18F3NO3S/c1-30(27,28)15-4-2-3-12(8-15)13-5-6-21-14(7-13)9-20(26)22(29-21)16-10-18(24)19(25)11-17(16)23/h2-8,10-11,20,22H,9,26H2,1H3/t20-,22+/m0/s1. The minimum atomic E-state index is -3.35. The molecule has 0 spiro atoms. The van der Waals surface area contributed by atoms with Crippen LogP contribution in [0, 0.1) is 17.5 Å². The van der Waals surface area contributed by atoms with E-state index in [1.54, 1.807) is 30.3 Å². The lowest BCUT2D eigenvalue weighted by atomic mass is 9.91. The SMILES string of the molecule is CS(=O)(=O)c1cccc(-c2ccc3c(c2)C[C@H](N)[C@@H](c2cc(F)c(F)cc2F)O3)c1. The second kappa shape index (κ2) is 7.45. The predicted molar refractivity (Wildman–Crippen MR) is 106 cm³/mol. The summed E-state index contributed by atoms with van der Waals surface area (Å²) in [6.07, 6.45) is 0.494. The average Bonchev–Trinajstić information content (AvgIpc) is 2.69. The van der Waals surface area contributed by atoms with E-state index in [0.717, 1.165) is 23.4 Å². The van der Waals surface area contributed by atoms with Gasteiger partial charge in [0.25, 0.3) is 0 Å². The molecule has 3 aromatic carbocycles. The van der Waals surface area contributed by atoms with Crippen LogP contribution in [0.2, 0.25) is 0 Å². The molecule has 0 aliphatic carbocycles. The molecule has 1 heterocycles. The number of nitrogens with two attached hydrogens (primary N) is 1. The van der Waals surface area contributed by atoms with Crippen molar-refractivity contribution in [2.24, 2.45) is 5.73 Å². The Morgan fingerprint density at radius 3 is 2.37 bits per heavy atom. The summed E-state index contributed by atoms with van der Waals surface area (Å²) in [5, 5.41) is 0. The summed E-state index contributed by atoms with van der Waals surface area (Å²) in [7, 11) is -3.35. The summed E-state index contributed by atoms with van der Waals surface area (Å²) >= 11 is 0. The Balaban J connectivity index is 1.68. The summed E-state index contributed by atoms with van der Waals surface area (Å²) in [6, 6.07) is 12.4. The van der Waals surface area contributed by atoms with Gasteiger partial charge in [-0.3, -0.25) is 0 Å². The molecule has 4 nitrogen and oxygen atoms in total. The van der Waals surface area contributed by atoms with Crippen molar-refractivity contribution < 1.29 is 26.3 Å². The van der Waals surface area contributed by atoms with Gasteiger partial charge >= 0.3 is 0 Å². The zero-order valence-corrected chi connectivity index (χ0v) is 16.7. The van der Waals surface area contributed by atoms with Gasteiger partial charge in [-0.25, -0.2) is 21.6 Å². The zero-order chi connectivity index (χ0) is 21.6. The highest BCUT2D eigenvalue weighted by Gasteiger charge is 2.32. The summed E-state index contributed by atoms with van der Waals surface area (Å²) in [6.45, 7) is 0. The van der Waals surface area contributed by atoms with Crippen molar-refractivity contribution in [3.8, 4) is 16.9 Å². The average molecular weight is 433 g/mol. The topological polar surface area (TPSA) is 69.4 Å². The number of sulfone groups is 1. The molecule has 0 aromatic heterocycles. The first-order valence-electron chi connectivity index (χ1n) is 9.13. The maximum absolute atomic E-state index is 14.2. The van der Waals surface area contributed by atoms with E-state index in [1.807, 2.05) is 6.07 Å². The quantitative estimate of drug-likeness (QED) is 0.630. The lowest BCUT2D eigenvalue weighted by Gasteiger charge is -2.32. The van der Waals surface area contributed by atoms with E-state index in [0.29, 0.717) is 23.8 Å². The summed E-state index contributed by atoms with van der Waals surface area (Å²) in [5.41, 5.74) is 8.26. The van der Waals surface area contributed by atoms with Crippen LogP contribution in [0.5, 0.6) is 5.75 Å². The molecular weight excluding hydrogens is 415 g/mol. The first-order valence-corrected chi connectivity index (χ1v) is 11.0. The molecule has 0 amide bonds. The Kier molecular flexibility index (Phi) is 5.07. The van der Waals surface area contributed by atoms with Gasteiger partial charge in [0.15, 0.2) is 21.5 Å². The van der Waals surface area contributed by atoms with Crippen molar-refractivity contribution in [1.29, 1.82) is 0 Å². The predicted octanol–water partition coefficient (Wildman–Crippen LogP) is 4.18. The monoisotopic (exact) mass is 433 g/mol. The van der Waals surface area contributed by atoms with Gasteiger partial charge in [-0.05, 0) is 53.4 Å². The van der Waals surface area contributed by atoms with Crippen LogP contribution in [0.25, 0.3) is 11.1 Å². The van der Waals surface area contributed by atoms with E-state index in [-0.39, 0.29) is 10.5 Å². The molecule has 0 unspecified atom stereocenters. The number of benzene rings is 3. The van der Waals surface area contributed by atoms with Crippen LogP contribution < -0.4 is 10.5 Å². The van der Waals surface area contributed by atoms with Crippen molar-refractivity contribution >= 4 is 9.84 Å². The van der Waals surface area contributed by atoms with Crippen LogP contribution in [-0.2, 0) is 16.3 Å². The third-order valence-electron chi connectivity index (χ3n) is 5.10. The molecule has 0 saturated heterocycles. The Morgan fingerprint density at radius 1 is 0.933 bits per heavy atom. The first kappa shape index (κ1) is 20.4. The van der Waals surface area contributed by atoms with Gasteiger partial charge in [-0.15, -0.1) is 0 Å². The maximum Gasteiger partial charge on any atom is 0.175 e. The maximum atomic E-state index is 14.2. The van der Waals surface area contributed by atoms with Gasteiger partial charge in [-0.1, -0.05) is 18.2 Å². The van der Waals surface area contributed by atoms with Crippen LogP contribution >= 0.6 is 0 Å². The second-order valence-electron chi connectivity index (χ2n) is 7.32. The van der Waals surface area contributed by atoms with Crippen LogP contribution in [0.15, 0.2) is 59.5 Å². The van der Waals surface area contributed by atoms with Crippen molar-refractivity contribution in [3.05, 3.63) is 83.2 Å². The summed E-state index contributed by atoms with van der Waals surface area (Å²) in [4.78, 5) is 0.208. The molecule has 30 heavy (non-hydrogen) atoms. The number of halogens is 3. The molecule has 0 radical (unpaired) electrons. The molecular formula is C22H18F3NO3S. The molecule has 1 aliphatic rings. The normalized spacial score (nSPS) is 18.6.